The van der Waals surface area contributed by atoms with E-state index in [1.54, 1.807) is 0 Å². The zero-order valence-corrected chi connectivity index (χ0v) is 10.7. The van der Waals surface area contributed by atoms with Crippen LogP contribution in [0.25, 0.3) is 0 Å². The SMILES string of the molecule is Nc1cc(OC[C@H](CO)OCP(=O)(O)O)nc(N)n1. The number of aliphatic hydroxyl groups excluding tert-OH is 1. The van der Waals surface area contributed by atoms with Gasteiger partial charge in [0, 0.05) is 6.07 Å². The summed E-state index contributed by atoms with van der Waals surface area (Å²) >= 11 is 0. The molecule has 0 aliphatic carbocycles. The molecule has 0 aliphatic heterocycles. The van der Waals surface area contributed by atoms with Gasteiger partial charge in [-0.2, -0.15) is 9.97 Å². The van der Waals surface area contributed by atoms with Gasteiger partial charge in [0.25, 0.3) is 0 Å². The van der Waals surface area contributed by atoms with E-state index >= 15 is 0 Å². The Morgan fingerprint density at radius 3 is 2.58 bits per heavy atom. The summed E-state index contributed by atoms with van der Waals surface area (Å²) in [4.78, 5) is 24.6. The smallest absolute Gasteiger partial charge is 0.350 e. The molecule has 1 aromatic heterocycles. The van der Waals surface area contributed by atoms with E-state index in [1.165, 1.54) is 6.07 Å². The van der Waals surface area contributed by atoms with Crippen LogP contribution in [0.1, 0.15) is 0 Å². The van der Waals surface area contributed by atoms with Crippen LogP contribution >= 0.6 is 7.60 Å². The fourth-order valence-corrected chi connectivity index (χ4v) is 1.47. The summed E-state index contributed by atoms with van der Waals surface area (Å²) < 4.78 is 20.5. The van der Waals surface area contributed by atoms with E-state index in [0.29, 0.717) is 0 Å². The lowest BCUT2D eigenvalue weighted by Gasteiger charge is -2.16. The number of hydrogen-bond acceptors (Lipinski definition) is 8. The van der Waals surface area contributed by atoms with Crippen LogP contribution in [0.2, 0.25) is 0 Å². The third-order valence-corrected chi connectivity index (χ3v) is 2.32. The van der Waals surface area contributed by atoms with E-state index in [-0.39, 0.29) is 24.3 Å². The van der Waals surface area contributed by atoms with Crippen LogP contribution in [0.4, 0.5) is 11.8 Å². The monoisotopic (exact) mass is 294 g/mol. The van der Waals surface area contributed by atoms with Crippen LogP contribution in [0, 0.1) is 0 Å². The Hall–Kier alpha value is -1.45. The van der Waals surface area contributed by atoms with Gasteiger partial charge in [-0.25, -0.2) is 0 Å². The first kappa shape index (κ1) is 15.6. The molecule has 0 saturated heterocycles. The summed E-state index contributed by atoms with van der Waals surface area (Å²) in [5.74, 6) is 0.106. The number of anilines is 2. The van der Waals surface area contributed by atoms with Gasteiger partial charge in [0.2, 0.25) is 11.8 Å². The molecule has 0 saturated carbocycles. The Bertz CT molecular complexity index is 446. The van der Waals surface area contributed by atoms with E-state index in [1.807, 2.05) is 0 Å². The third-order valence-electron chi connectivity index (χ3n) is 1.84. The Morgan fingerprint density at radius 2 is 2.05 bits per heavy atom. The molecule has 11 heteroatoms. The molecule has 1 aromatic rings. The number of hydrogen-bond donors (Lipinski definition) is 5. The molecule has 7 N–H and O–H groups in total. The minimum Gasteiger partial charge on any atom is -0.475 e. The van der Waals surface area contributed by atoms with Crippen molar-refractivity contribution in [2.75, 3.05) is 31.0 Å². The van der Waals surface area contributed by atoms with E-state index < -0.39 is 26.7 Å². The molecule has 0 aliphatic rings. The van der Waals surface area contributed by atoms with Crippen LogP contribution in [0.3, 0.4) is 0 Å². The van der Waals surface area contributed by atoms with Crippen LogP contribution in [0.5, 0.6) is 5.88 Å². The van der Waals surface area contributed by atoms with Crippen LogP contribution in [-0.4, -0.2) is 50.5 Å². The van der Waals surface area contributed by atoms with Crippen molar-refractivity contribution in [1.29, 1.82) is 0 Å². The molecular formula is C8H15N4O6P. The van der Waals surface area contributed by atoms with Gasteiger partial charge >= 0.3 is 7.60 Å². The zero-order valence-electron chi connectivity index (χ0n) is 9.84. The summed E-state index contributed by atoms with van der Waals surface area (Å²) in [6, 6.07) is 1.31. The topological polar surface area (TPSA) is 174 Å². The second-order valence-corrected chi connectivity index (χ2v) is 5.15. The van der Waals surface area contributed by atoms with Gasteiger partial charge < -0.3 is 35.8 Å². The van der Waals surface area contributed by atoms with Gasteiger partial charge in [0.15, 0.2) is 0 Å². The standard InChI is InChI=1S/C8H15N4O6P/c9-6-1-7(12-8(10)11-6)17-3-5(2-13)18-4-19(14,15)16/h1,5,13H,2-4H2,(H2,14,15,16)(H4,9,10,11,12)/t5-/m0/s1. The first-order chi connectivity index (χ1) is 8.80. The van der Waals surface area contributed by atoms with Gasteiger partial charge in [-0.05, 0) is 0 Å². The maximum absolute atomic E-state index is 10.6. The highest BCUT2D eigenvalue weighted by atomic mass is 31.2. The van der Waals surface area contributed by atoms with E-state index in [0.717, 1.165) is 0 Å². The molecular weight excluding hydrogens is 279 g/mol. The first-order valence-corrected chi connectivity index (χ1v) is 6.90. The molecule has 1 atom stereocenters. The van der Waals surface area contributed by atoms with Gasteiger partial charge in [-0.3, -0.25) is 4.57 Å². The van der Waals surface area contributed by atoms with Crippen molar-refractivity contribution in [2.24, 2.45) is 0 Å². The Labute approximate surface area is 108 Å². The second-order valence-electron chi connectivity index (χ2n) is 3.57. The Morgan fingerprint density at radius 1 is 1.37 bits per heavy atom. The second kappa shape index (κ2) is 6.64. The molecule has 1 heterocycles. The average Bonchev–Trinajstić information content (AvgIpc) is 2.26. The van der Waals surface area contributed by atoms with E-state index in [9.17, 15) is 4.57 Å². The maximum Gasteiger partial charge on any atom is 0.350 e. The normalized spacial score (nSPS) is 13.2. The number of nitrogen functional groups attached to an aromatic ring is 2. The van der Waals surface area contributed by atoms with Gasteiger partial charge in [0.05, 0.1) is 6.61 Å². The van der Waals surface area contributed by atoms with Crippen LogP contribution in [-0.2, 0) is 9.30 Å². The molecule has 0 amide bonds. The number of nitrogens with zero attached hydrogens (tertiary/aromatic N) is 2. The van der Waals surface area contributed by atoms with Crippen molar-refractivity contribution >= 4 is 19.4 Å². The van der Waals surface area contributed by atoms with Crippen molar-refractivity contribution in [1.82, 2.24) is 9.97 Å². The van der Waals surface area contributed by atoms with Crippen molar-refractivity contribution in [3.05, 3.63) is 6.07 Å². The maximum atomic E-state index is 10.6. The highest BCUT2D eigenvalue weighted by molar-refractivity contribution is 7.51. The predicted molar refractivity (Wildman–Crippen MR) is 65.2 cm³/mol. The summed E-state index contributed by atoms with van der Waals surface area (Å²) in [7, 11) is -4.30. The minimum atomic E-state index is -4.30. The minimum absolute atomic E-state index is 0.0724. The lowest BCUT2D eigenvalue weighted by atomic mass is 10.4. The van der Waals surface area contributed by atoms with Crippen molar-refractivity contribution < 1.29 is 28.9 Å². The van der Waals surface area contributed by atoms with Gasteiger partial charge in [-0.15, -0.1) is 0 Å². The summed E-state index contributed by atoms with van der Waals surface area (Å²) in [6.45, 7) is -0.650. The number of ether oxygens (including phenoxy) is 2. The number of aliphatic hydroxyl groups is 1. The average molecular weight is 294 g/mol. The predicted octanol–water partition coefficient (Wildman–Crippen LogP) is -1.47. The fourth-order valence-electron chi connectivity index (χ4n) is 1.07. The molecule has 1 rings (SSSR count). The quantitative estimate of drug-likeness (QED) is 0.373. The third kappa shape index (κ3) is 6.32. The van der Waals surface area contributed by atoms with Crippen molar-refractivity contribution in [3.63, 3.8) is 0 Å². The van der Waals surface area contributed by atoms with Crippen LogP contribution in [0.15, 0.2) is 6.07 Å². The molecule has 10 nitrogen and oxygen atoms in total. The van der Waals surface area contributed by atoms with Gasteiger partial charge in [0.1, 0.15) is 24.9 Å². The molecule has 0 spiro atoms. The summed E-state index contributed by atoms with van der Waals surface area (Å²) in [6.07, 6.45) is -1.72. The molecule has 0 radical (unpaired) electrons. The molecule has 0 aromatic carbocycles. The van der Waals surface area contributed by atoms with Crippen LogP contribution < -0.4 is 16.2 Å². The fraction of sp³-hybridized carbons (Fsp3) is 0.500. The molecule has 108 valence electrons. The number of nitrogens with two attached hydrogens (primary N) is 2. The van der Waals surface area contributed by atoms with E-state index in [4.69, 9.17) is 35.8 Å². The lowest BCUT2D eigenvalue weighted by Crippen LogP contribution is -2.26. The largest absolute Gasteiger partial charge is 0.475 e. The lowest BCUT2D eigenvalue weighted by molar-refractivity contribution is 0.000511. The molecule has 19 heavy (non-hydrogen) atoms. The summed E-state index contributed by atoms with van der Waals surface area (Å²) in [5, 5.41) is 8.97. The molecule has 0 fully saturated rings. The highest BCUT2D eigenvalue weighted by Gasteiger charge is 2.18. The molecule has 0 unspecified atom stereocenters. The number of rotatable bonds is 7. The zero-order chi connectivity index (χ0) is 14.5. The van der Waals surface area contributed by atoms with Gasteiger partial charge in [-0.1, -0.05) is 0 Å². The summed E-state index contributed by atoms with van der Waals surface area (Å²) in [5.41, 5.74) is 10.8. The van der Waals surface area contributed by atoms with E-state index in [2.05, 4.69) is 9.97 Å². The number of aromatic nitrogens is 2. The Balaban J connectivity index is 2.50. The Kier molecular flexibility index (Phi) is 5.45. The van der Waals surface area contributed by atoms with Crippen molar-refractivity contribution in [3.8, 4) is 5.88 Å². The molecule has 0 bridgehead atoms. The van der Waals surface area contributed by atoms with Crippen molar-refractivity contribution in [2.45, 2.75) is 6.10 Å². The first-order valence-electron chi connectivity index (χ1n) is 5.10. The highest BCUT2D eigenvalue weighted by Crippen LogP contribution is 2.34.